The molecule has 0 aliphatic heterocycles. The number of methoxy groups -OCH3 is 1. The predicted molar refractivity (Wildman–Crippen MR) is 130 cm³/mol. The van der Waals surface area contributed by atoms with Crippen LogP contribution in [0.15, 0.2) is 72.3 Å². The van der Waals surface area contributed by atoms with E-state index < -0.39 is 5.91 Å². The van der Waals surface area contributed by atoms with Crippen molar-refractivity contribution in [2.24, 2.45) is 0 Å². The molecule has 1 N–H and O–H groups in total. The average molecular weight is 481 g/mol. The van der Waals surface area contributed by atoms with Crippen molar-refractivity contribution in [3.8, 4) is 17.6 Å². The number of ether oxygens (including phenoxy) is 2. The molecule has 33 heavy (non-hydrogen) atoms. The van der Waals surface area contributed by atoms with Crippen LogP contribution in [0.25, 0.3) is 6.08 Å². The Morgan fingerprint density at radius 3 is 2.45 bits per heavy atom. The van der Waals surface area contributed by atoms with Crippen LogP contribution in [0.4, 0.5) is 0 Å². The highest BCUT2D eigenvalue weighted by Crippen LogP contribution is 2.37. The van der Waals surface area contributed by atoms with Gasteiger partial charge in [0.05, 0.1) is 18.2 Å². The van der Waals surface area contributed by atoms with Crippen LogP contribution in [0, 0.1) is 11.3 Å². The van der Waals surface area contributed by atoms with Gasteiger partial charge in [0.25, 0.3) is 5.91 Å². The average Bonchev–Trinajstić information content (AvgIpc) is 2.83. The number of benzene rings is 3. The fourth-order valence-electron chi connectivity index (χ4n) is 3.11. The maximum Gasteiger partial charge on any atom is 0.262 e. The van der Waals surface area contributed by atoms with E-state index >= 15 is 0 Å². The first-order valence-electron chi connectivity index (χ1n) is 10.1. The normalized spacial score (nSPS) is 11.9. The van der Waals surface area contributed by atoms with Crippen molar-refractivity contribution in [1.29, 1.82) is 5.26 Å². The van der Waals surface area contributed by atoms with Crippen LogP contribution in [0.1, 0.15) is 29.7 Å². The SMILES string of the molecule is COc1cc(/C=C(\C#N)C(=O)N[C@H](C)c2ccccc2)cc(Cl)c1OCc1ccc(Cl)cc1. The number of hydrogen-bond acceptors (Lipinski definition) is 4. The van der Waals surface area contributed by atoms with E-state index in [0.717, 1.165) is 11.1 Å². The van der Waals surface area contributed by atoms with E-state index in [1.807, 2.05) is 55.5 Å². The number of amides is 1. The molecule has 3 rings (SSSR count). The molecule has 3 aromatic rings. The second kappa shape index (κ2) is 11.4. The summed E-state index contributed by atoms with van der Waals surface area (Å²) in [5, 5.41) is 13.3. The van der Waals surface area contributed by atoms with Crippen molar-refractivity contribution in [2.45, 2.75) is 19.6 Å². The molecule has 7 heteroatoms. The number of nitriles is 1. The number of rotatable bonds is 8. The largest absolute Gasteiger partial charge is 0.493 e. The molecule has 0 aliphatic carbocycles. The summed E-state index contributed by atoms with van der Waals surface area (Å²) < 4.78 is 11.3. The zero-order valence-electron chi connectivity index (χ0n) is 18.1. The Morgan fingerprint density at radius 2 is 1.82 bits per heavy atom. The molecule has 0 spiro atoms. The first kappa shape index (κ1) is 24.2. The molecule has 0 aliphatic rings. The molecule has 0 saturated heterocycles. The van der Waals surface area contributed by atoms with Gasteiger partial charge in [-0.3, -0.25) is 4.79 Å². The Balaban J connectivity index is 1.78. The first-order valence-corrected chi connectivity index (χ1v) is 10.9. The Hall–Kier alpha value is -3.46. The zero-order valence-corrected chi connectivity index (χ0v) is 19.7. The van der Waals surface area contributed by atoms with Gasteiger partial charge in [-0.05, 0) is 54.0 Å². The Bertz CT molecular complexity index is 1190. The van der Waals surface area contributed by atoms with Crippen LogP contribution in [-0.2, 0) is 11.4 Å². The van der Waals surface area contributed by atoms with E-state index in [9.17, 15) is 10.1 Å². The number of halogens is 2. The molecular formula is C26H22Cl2N2O3. The molecular weight excluding hydrogens is 459 g/mol. The van der Waals surface area contributed by atoms with Gasteiger partial charge in [-0.1, -0.05) is 65.7 Å². The molecule has 0 unspecified atom stereocenters. The third-order valence-corrected chi connectivity index (χ3v) is 5.40. The second-order valence-corrected chi connectivity index (χ2v) is 8.07. The van der Waals surface area contributed by atoms with Crippen LogP contribution in [0.5, 0.6) is 11.5 Å². The van der Waals surface area contributed by atoms with Gasteiger partial charge >= 0.3 is 0 Å². The van der Waals surface area contributed by atoms with Crippen molar-refractivity contribution < 1.29 is 14.3 Å². The van der Waals surface area contributed by atoms with Gasteiger partial charge in [0.2, 0.25) is 0 Å². The zero-order chi connectivity index (χ0) is 23.8. The molecule has 3 aromatic carbocycles. The smallest absolute Gasteiger partial charge is 0.262 e. The Morgan fingerprint density at radius 1 is 1.12 bits per heavy atom. The summed E-state index contributed by atoms with van der Waals surface area (Å²) in [7, 11) is 1.49. The summed E-state index contributed by atoms with van der Waals surface area (Å²) in [6.07, 6.45) is 1.46. The van der Waals surface area contributed by atoms with Crippen LogP contribution < -0.4 is 14.8 Å². The van der Waals surface area contributed by atoms with Crippen LogP contribution >= 0.6 is 23.2 Å². The van der Waals surface area contributed by atoms with Gasteiger partial charge in [-0.2, -0.15) is 5.26 Å². The van der Waals surface area contributed by atoms with Crippen molar-refractivity contribution in [3.05, 3.63) is 99.0 Å². The predicted octanol–water partition coefficient (Wildman–Crippen LogP) is 6.37. The molecule has 0 fully saturated rings. The van der Waals surface area contributed by atoms with E-state index in [2.05, 4.69) is 5.32 Å². The summed E-state index contributed by atoms with van der Waals surface area (Å²) in [5.74, 6) is 0.275. The lowest BCUT2D eigenvalue weighted by Gasteiger charge is -2.15. The molecule has 0 bridgehead atoms. The quantitative estimate of drug-likeness (QED) is 0.300. The van der Waals surface area contributed by atoms with Gasteiger partial charge in [0, 0.05) is 5.02 Å². The number of nitrogens with zero attached hydrogens (tertiary/aromatic N) is 1. The lowest BCUT2D eigenvalue weighted by Crippen LogP contribution is -2.27. The minimum Gasteiger partial charge on any atom is -0.493 e. The standard InChI is InChI=1S/C26H22Cl2N2O3/c1-17(20-6-4-3-5-7-20)30-26(31)21(15-29)12-19-13-23(28)25(24(14-19)32-2)33-16-18-8-10-22(27)11-9-18/h3-14,17H,16H2,1-2H3,(H,30,31)/b21-12+/t17-/m1/s1. The summed E-state index contributed by atoms with van der Waals surface area (Å²) >= 11 is 12.4. The van der Waals surface area contributed by atoms with Gasteiger partial charge in [0.15, 0.2) is 11.5 Å². The maximum atomic E-state index is 12.7. The monoisotopic (exact) mass is 480 g/mol. The summed E-state index contributed by atoms with van der Waals surface area (Å²) in [4.78, 5) is 12.7. The van der Waals surface area contributed by atoms with Crippen molar-refractivity contribution >= 4 is 35.2 Å². The lowest BCUT2D eigenvalue weighted by molar-refractivity contribution is -0.117. The van der Waals surface area contributed by atoms with Crippen molar-refractivity contribution in [3.63, 3.8) is 0 Å². The summed E-state index contributed by atoms with van der Waals surface area (Å²) in [6, 6.07) is 21.8. The Labute approximate surface area is 203 Å². The highest BCUT2D eigenvalue weighted by molar-refractivity contribution is 6.32. The lowest BCUT2D eigenvalue weighted by atomic mass is 10.1. The minimum absolute atomic E-state index is 0.0502. The van der Waals surface area contributed by atoms with E-state index in [1.54, 1.807) is 24.3 Å². The number of carbonyl (C=O) groups excluding carboxylic acids is 1. The third-order valence-electron chi connectivity index (χ3n) is 4.87. The summed E-state index contributed by atoms with van der Waals surface area (Å²) in [6.45, 7) is 2.13. The third kappa shape index (κ3) is 6.52. The number of nitrogens with one attached hydrogen (secondary N) is 1. The van der Waals surface area contributed by atoms with Crippen LogP contribution in [-0.4, -0.2) is 13.0 Å². The fraction of sp³-hybridized carbons (Fsp3) is 0.154. The van der Waals surface area contributed by atoms with Gasteiger partial charge in [0.1, 0.15) is 18.2 Å². The number of hydrogen-bond donors (Lipinski definition) is 1. The fourth-order valence-corrected chi connectivity index (χ4v) is 3.51. The molecule has 5 nitrogen and oxygen atoms in total. The number of carbonyl (C=O) groups is 1. The second-order valence-electron chi connectivity index (χ2n) is 7.22. The topological polar surface area (TPSA) is 71.3 Å². The molecule has 0 radical (unpaired) electrons. The molecule has 168 valence electrons. The van der Waals surface area contributed by atoms with Crippen molar-refractivity contribution in [2.75, 3.05) is 7.11 Å². The molecule has 1 amide bonds. The molecule has 0 saturated carbocycles. The van der Waals surface area contributed by atoms with Crippen LogP contribution in [0.2, 0.25) is 10.0 Å². The van der Waals surface area contributed by atoms with E-state index in [1.165, 1.54) is 13.2 Å². The maximum absolute atomic E-state index is 12.7. The van der Waals surface area contributed by atoms with E-state index in [4.69, 9.17) is 32.7 Å². The minimum atomic E-state index is -0.480. The van der Waals surface area contributed by atoms with Gasteiger partial charge in [-0.25, -0.2) is 0 Å². The highest BCUT2D eigenvalue weighted by atomic mass is 35.5. The molecule has 0 heterocycles. The highest BCUT2D eigenvalue weighted by Gasteiger charge is 2.16. The van der Waals surface area contributed by atoms with Crippen LogP contribution in [0.3, 0.4) is 0 Å². The van der Waals surface area contributed by atoms with E-state index in [-0.39, 0.29) is 18.2 Å². The van der Waals surface area contributed by atoms with Gasteiger partial charge in [-0.15, -0.1) is 0 Å². The molecule has 1 atom stereocenters. The summed E-state index contributed by atoms with van der Waals surface area (Å²) in [5.41, 5.74) is 2.34. The van der Waals surface area contributed by atoms with Gasteiger partial charge < -0.3 is 14.8 Å². The molecule has 0 aromatic heterocycles. The van der Waals surface area contributed by atoms with Crippen molar-refractivity contribution in [1.82, 2.24) is 5.32 Å². The van der Waals surface area contributed by atoms with E-state index in [0.29, 0.717) is 27.1 Å². The first-order chi connectivity index (χ1) is 15.9. The Kier molecular flexibility index (Phi) is 8.37.